The third-order valence-electron chi connectivity index (χ3n) is 4.51. The summed E-state index contributed by atoms with van der Waals surface area (Å²) in [7, 11) is 0. The molecule has 1 atom stereocenters. The van der Waals surface area contributed by atoms with E-state index in [1.54, 1.807) is 25.1 Å². The molecule has 3 aromatic rings. The molecule has 0 bridgehead atoms. The third-order valence-corrected chi connectivity index (χ3v) is 4.51. The number of hydrogen-bond acceptors (Lipinski definition) is 8. The average molecular weight is 370 g/mol. The summed E-state index contributed by atoms with van der Waals surface area (Å²) >= 11 is 0. The van der Waals surface area contributed by atoms with Crippen LogP contribution in [0.15, 0.2) is 39.3 Å². The van der Waals surface area contributed by atoms with Crippen LogP contribution in [0.4, 0.5) is 0 Å². The second-order valence-electron chi connectivity index (χ2n) is 6.62. The van der Waals surface area contributed by atoms with Crippen molar-refractivity contribution in [2.24, 2.45) is 0 Å². The highest BCUT2D eigenvalue weighted by Crippen LogP contribution is 2.36. The fourth-order valence-corrected chi connectivity index (χ4v) is 2.95. The minimum Gasteiger partial charge on any atom is -0.508 e. The lowest BCUT2D eigenvalue weighted by atomic mass is 9.80. The summed E-state index contributed by atoms with van der Waals surface area (Å²) < 4.78 is 10.6. The monoisotopic (exact) mass is 370 g/mol. The first kappa shape index (κ1) is 17.2. The van der Waals surface area contributed by atoms with Crippen molar-refractivity contribution in [3.8, 4) is 17.1 Å². The highest BCUT2D eigenvalue weighted by molar-refractivity contribution is 5.93. The number of rotatable bonds is 5. The molecule has 2 heterocycles. The van der Waals surface area contributed by atoms with E-state index in [1.807, 2.05) is 0 Å². The Morgan fingerprint density at radius 2 is 2.11 bits per heavy atom. The summed E-state index contributed by atoms with van der Waals surface area (Å²) in [5, 5.41) is 33.4. The number of amides is 1. The molecule has 27 heavy (non-hydrogen) atoms. The van der Waals surface area contributed by atoms with Gasteiger partial charge in [-0.2, -0.15) is 0 Å². The van der Waals surface area contributed by atoms with E-state index in [0.717, 1.165) is 0 Å². The van der Waals surface area contributed by atoms with Gasteiger partial charge in [-0.05, 0) is 31.9 Å². The van der Waals surface area contributed by atoms with E-state index < -0.39 is 6.10 Å². The van der Waals surface area contributed by atoms with Gasteiger partial charge in [0.2, 0.25) is 11.8 Å². The van der Waals surface area contributed by atoms with Crippen molar-refractivity contribution in [3.05, 3.63) is 47.8 Å². The largest absolute Gasteiger partial charge is 0.508 e. The van der Waals surface area contributed by atoms with Crippen LogP contribution in [-0.2, 0) is 0 Å². The van der Waals surface area contributed by atoms with Crippen LogP contribution >= 0.6 is 0 Å². The van der Waals surface area contributed by atoms with Crippen molar-refractivity contribution in [1.82, 2.24) is 20.7 Å². The van der Waals surface area contributed by atoms with E-state index >= 15 is 0 Å². The topological polar surface area (TPSA) is 135 Å². The van der Waals surface area contributed by atoms with Gasteiger partial charge in [-0.15, -0.1) is 10.2 Å². The van der Waals surface area contributed by atoms with Gasteiger partial charge in [0.15, 0.2) is 11.5 Å². The normalized spacial score (nSPS) is 20.1. The maximum Gasteiger partial charge on any atom is 0.273 e. The van der Waals surface area contributed by atoms with Gasteiger partial charge in [-0.3, -0.25) is 4.79 Å². The van der Waals surface area contributed by atoms with E-state index in [1.165, 1.54) is 12.1 Å². The van der Waals surface area contributed by atoms with Crippen LogP contribution in [0.1, 0.15) is 54.1 Å². The lowest BCUT2D eigenvalue weighted by molar-refractivity contribution is 0.0892. The Morgan fingerprint density at radius 1 is 1.30 bits per heavy atom. The van der Waals surface area contributed by atoms with Crippen molar-refractivity contribution < 1.29 is 23.9 Å². The van der Waals surface area contributed by atoms with E-state index in [0.29, 0.717) is 30.1 Å². The summed E-state index contributed by atoms with van der Waals surface area (Å²) in [4.78, 5) is 12.3. The van der Waals surface area contributed by atoms with Gasteiger partial charge >= 0.3 is 0 Å². The molecule has 0 unspecified atom stereocenters. The molecular formula is C18H18N4O5. The smallest absolute Gasteiger partial charge is 0.273 e. The number of carbonyl (C=O) groups excluding carboxylic acids is 1. The molecule has 3 N–H and O–H groups in total. The van der Waals surface area contributed by atoms with E-state index in [4.69, 9.17) is 8.94 Å². The Kier molecular flexibility index (Phi) is 4.36. The molecular weight excluding hydrogens is 352 g/mol. The van der Waals surface area contributed by atoms with Crippen molar-refractivity contribution in [2.75, 3.05) is 0 Å². The van der Waals surface area contributed by atoms with Gasteiger partial charge in [-0.25, -0.2) is 0 Å². The zero-order chi connectivity index (χ0) is 19.0. The highest BCUT2D eigenvalue weighted by atomic mass is 16.5. The fourth-order valence-electron chi connectivity index (χ4n) is 2.95. The number of benzene rings is 1. The molecule has 1 aliphatic rings. The Labute approximate surface area is 154 Å². The number of aliphatic hydroxyl groups is 1. The quantitative estimate of drug-likeness (QED) is 0.622. The first-order chi connectivity index (χ1) is 13.0. The molecule has 0 spiro atoms. The van der Waals surface area contributed by atoms with Crippen molar-refractivity contribution in [2.45, 2.75) is 37.8 Å². The summed E-state index contributed by atoms with van der Waals surface area (Å²) in [6, 6.07) is 8.03. The summed E-state index contributed by atoms with van der Waals surface area (Å²) in [6.07, 6.45) is 0.546. The summed E-state index contributed by atoms with van der Waals surface area (Å²) in [5.41, 5.74) is 0.807. The predicted octanol–water partition coefficient (Wildman–Crippen LogP) is 2.16. The molecule has 0 saturated heterocycles. The maximum atomic E-state index is 12.3. The van der Waals surface area contributed by atoms with Crippen molar-refractivity contribution in [3.63, 3.8) is 0 Å². The first-order valence-corrected chi connectivity index (χ1v) is 8.58. The number of phenols is 1. The van der Waals surface area contributed by atoms with Gasteiger partial charge in [-0.1, -0.05) is 17.3 Å². The lowest BCUT2D eigenvalue weighted by Crippen LogP contribution is -2.43. The number of nitrogens with zero attached hydrogens (tertiary/aromatic N) is 3. The molecule has 1 aromatic carbocycles. The van der Waals surface area contributed by atoms with Crippen molar-refractivity contribution >= 4 is 5.91 Å². The molecule has 4 rings (SSSR count). The fraction of sp³-hybridized carbons (Fsp3) is 0.333. The molecule has 0 radical (unpaired) electrons. The Bertz CT molecular complexity index is 958. The molecule has 1 aliphatic carbocycles. The van der Waals surface area contributed by atoms with Gasteiger partial charge in [0.25, 0.3) is 5.91 Å². The highest BCUT2D eigenvalue weighted by Gasteiger charge is 2.36. The van der Waals surface area contributed by atoms with Crippen LogP contribution in [0, 0.1) is 0 Å². The number of aromatic hydroxyl groups is 1. The van der Waals surface area contributed by atoms with E-state index in [2.05, 4.69) is 20.7 Å². The summed E-state index contributed by atoms with van der Waals surface area (Å²) in [5.74, 6) is 0.914. The number of phenolic OH excluding ortho intramolecular Hbond substituents is 1. The van der Waals surface area contributed by atoms with Crippen LogP contribution in [-0.4, -0.2) is 37.5 Å². The molecule has 1 amide bonds. The van der Waals surface area contributed by atoms with Crippen LogP contribution in [0.5, 0.6) is 5.75 Å². The number of aliphatic hydroxyl groups excluding tert-OH is 1. The molecule has 9 nitrogen and oxygen atoms in total. The number of aromatic nitrogens is 3. The Balaban J connectivity index is 1.34. The zero-order valence-corrected chi connectivity index (χ0v) is 14.5. The molecule has 140 valence electrons. The molecule has 0 aliphatic heterocycles. The minimum atomic E-state index is -0.797. The Hall–Kier alpha value is -3.20. The first-order valence-electron chi connectivity index (χ1n) is 8.58. The third kappa shape index (κ3) is 3.54. The van der Waals surface area contributed by atoms with Crippen molar-refractivity contribution in [1.29, 1.82) is 0 Å². The zero-order valence-electron chi connectivity index (χ0n) is 14.5. The van der Waals surface area contributed by atoms with E-state index in [9.17, 15) is 15.0 Å². The second kappa shape index (κ2) is 6.84. The second-order valence-corrected chi connectivity index (χ2v) is 6.62. The van der Waals surface area contributed by atoms with Gasteiger partial charge < -0.3 is 24.5 Å². The van der Waals surface area contributed by atoms with Crippen LogP contribution < -0.4 is 5.32 Å². The SMILES string of the molecule is C[C@H](O)c1nnc([C@H]2C[C@H](NC(=O)c3cc(-c4cccc(O)c4)on3)C2)o1. The van der Waals surface area contributed by atoms with E-state index in [-0.39, 0.29) is 35.2 Å². The number of carbonyl (C=O) groups is 1. The number of nitrogens with one attached hydrogen (secondary N) is 1. The molecule has 9 heteroatoms. The maximum absolute atomic E-state index is 12.3. The van der Waals surface area contributed by atoms with Crippen LogP contribution in [0.3, 0.4) is 0 Å². The van der Waals surface area contributed by atoms with Gasteiger partial charge in [0, 0.05) is 23.6 Å². The number of hydrogen-bond donors (Lipinski definition) is 3. The van der Waals surface area contributed by atoms with Gasteiger partial charge in [0.05, 0.1) is 0 Å². The standard InChI is InChI=1S/C18H18N4O5/c1-9(23)17-20-21-18(26-17)11-5-12(6-11)19-16(25)14-8-15(27-22-14)10-3-2-4-13(24)7-10/h2-4,7-9,11-12,23-24H,5-6H2,1H3,(H,19,25)/t9-,11-,12-/m0/s1. The predicted molar refractivity (Wildman–Crippen MR) is 91.8 cm³/mol. The molecule has 1 saturated carbocycles. The average Bonchev–Trinajstić information content (AvgIpc) is 3.27. The molecule has 2 aromatic heterocycles. The Morgan fingerprint density at radius 3 is 2.81 bits per heavy atom. The van der Waals surface area contributed by atoms with Crippen LogP contribution in [0.25, 0.3) is 11.3 Å². The molecule has 1 fully saturated rings. The minimum absolute atomic E-state index is 0.0229. The summed E-state index contributed by atoms with van der Waals surface area (Å²) in [6.45, 7) is 1.56. The lowest BCUT2D eigenvalue weighted by Gasteiger charge is -2.33. The van der Waals surface area contributed by atoms with Gasteiger partial charge in [0.1, 0.15) is 11.9 Å². The van der Waals surface area contributed by atoms with Crippen LogP contribution in [0.2, 0.25) is 0 Å².